The molecule has 1 aromatic carbocycles. The maximum Gasteiger partial charge on any atom is 0.243 e. The lowest BCUT2D eigenvalue weighted by atomic mass is 10.0. The second-order valence-electron chi connectivity index (χ2n) is 6.69. The van der Waals surface area contributed by atoms with Crippen molar-refractivity contribution in [1.82, 2.24) is 9.83 Å². The maximum absolute atomic E-state index is 13.2. The van der Waals surface area contributed by atoms with Gasteiger partial charge in [0.1, 0.15) is 5.82 Å². The van der Waals surface area contributed by atoms with Crippen LogP contribution in [0.5, 0.6) is 0 Å². The summed E-state index contributed by atoms with van der Waals surface area (Å²) in [5.74, 6) is -0.586. The SMILES string of the molecule is Cc1c(/C=N\NC(=O)C2CC2)c2ccccn2c1C(=O)c1ccc(F)cc1. The van der Waals surface area contributed by atoms with E-state index in [1.54, 1.807) is 16.8 Å². The molecule has 0 unspecified atom stereocenters. The number of aromatic nitrogens is 1. The zero-order valence-electron chi connectivity index (χ0n) is 14.8. The predicted molar refractivity (Wildman–Crippen MR) is 100 cm³/mol. The summed E-state index contributed by atoms with van der Waals surface area (Å²) in [5, 5.41) is 4.07. The smallest absolute Gasteiger partial charge is 0.243 e. The molecule has 1 amide bonds. The van der Waals surface area contributed by atoms with Crippen molar-refractivity contribution in [3.63, 3.8) is 0 Å². The van der Waals surface area contributed by atoms with Gasteiger partial charge in [-0.2, -0.15) is 5.10 Å². The Hall–Kier alpha value is -3.28. The number of amides is 1. The minimum Gasteiger partial charge on any atom is -0.313 e. The van der Waals surface area contributed by atoms with Crippen LogP contribution >= 0.6 is 0 Å². The van der Waals surface area contributed by atoms with E-state index in [4.69, 9.17) is 0 Å². The van der Waals surface area contributed by atoms with Crippen LogP contribution in [0.25, 0.3) is 5.52 Å². The van der Waals surface area contributed by atoms with Gasteiger partial charge in [0, 0.05) is 23.2 Å². The van der Waals surface area contributed by atoms with Crippen molar-refractivity contribution in [3.8, 4) is 0 Å². The normalized spacial score (nSPS) is 14.0. The molecule has 5 nitrogen and oxygen atoms in total. The van der Waals surface area contributed by atoms with Gasteiger partial charge in [-0.05, 0) is 61.7 Å². The van der Waals surface area contributed by atoms with Crippen LogP contribution in [0.15, 0.2) is 53.8 Å². The minimum absolute atomic E-state index is 0.0737. The van der Waals surface area contributed by atoms with Gasteiger partial charge in [-0.15, -0.1) is 0 Å². The van der Waals surface area contributed by atoms with Gasteiger partial charge in [0.2, 0.25) is 11.7 Å². The number of pyridine rings is 1. The molecular weight excluding hydrogens is 345 g/mol. The molecule has 1 aliphatic rings. The van der Waals surface area contributed by atoms with Crippen molar-refractivity contribution in [2.75, 3.05) is 0 Å². The van der Waals surface area contributed by atoms with Crippen molar-refractivity contribution in [2.45, 2.75) is 19.8 Å². The maximum atomic E-state index is 13.2. The predicted octanol–water partition coefficient (Wildman–Crippen LogP) is 3.48. The van der Waals surface area contributed by atoms with Crippen molar-refractivity contribution in [2.24, 2.45) is 11.0 Å². The van der Waals surface area contributed by atoms with E-state index in [0.717, 1.165) is 29.5 Å². The zero-order valence-corrected chi connectivity index (χ0v) is 14.8. The zero-order chi connectivity index (χ0) is 19.0. The fourth-order valence-corrected chi connectivity index (χ4v) is 3.14. The molecule has 1 aliphatic carbocycles. The molecule has 0 atom stereocenters. The molecular formula is C21H18FN3O2. The number of nitrogens with zero attached hydrogens (tertiary/aromatic N) is 2. The second kappa shape index (κ2) is 6.79. The molecule has 1 fully saturated rings. The van der Waals surface area contributed by atoms with Crippen LogP contribution in [0.4, 0.5) is 4.39 Å². The molecule has 0 radical (unpaired) electrons. The minimum atomic E-state index is -0.387. The van der Waals surface area contributed by atoms with Gasteiger partial charge < -0.3 is 4.40 Å². The van der Waals surface area contributed by atoms with Gasteiger partial charge in [0.25, 0.3) is 0 Å². The summed E-state index contributed by atoms with van der Waals surface area (Å²) in [6.45, 7) is 1.84. The van der Waals surface area contributed by atoms with E-state index in [1.807, 2.05) is 25.1 Å². The van der Waals surface area contributed by atoms with Crippen LogP contribution in [0.1, 0.15) is 40.0 Å². The molecule has 2 aromatic heterocycles. The molecule has 2 heterocycles. The molecule has 27 heavy (non-hydrogen) atoms. The van der Waals surface area contributed by atoms with Crippen LogP contribution in [0, 0.1) is 18.7 Å². The summed E-state index contributed by atoms with van der Waals surface area (Å²) in [4.78, 5) is 24.8. The molecule has 6 heteroatoms. The lowest BCUT2D eigenvalue weighted by molar-refractivity contribution is -0.122. The average molecular weight is 363 g/mol. The standard InChI is InChI=1S/C21H18FN3O2/c1-13-17(12-23-24-21(27)15-5-6-15)18-4-2-3-11-25(18)19(13)20(26)14-7-9-16(22)10-8-14/h2-4,7-12,15H,5-6H2,1H3,(H,24,27)/b23-12-. The van der Waals surface area contributed by atoms with E-state index >= 15 is 0 Å². The number of fused-ring (bicyclic) bond motifs is 1. The van der Waals surface area contributed by atoms with Crippen LogP contribution in [-0.4, -0.2) is 22.3 Å². The first kappa shape index (κ1) is 17.1. The first-order chi connectivity index (χ1) is 13.1. The Morgan fingerprint density at radius 2 is 1.93 bits per heavy atom. The highest BCUT2D eigenvalue weighted by atomic mass is 19.1. The number of hydrogen-bond acceptors (Lipinski definition) is 3. The third-order valence-corrected chi connectivity index (χ3v) is 4.77. The van der Waals surface area contributed by atoms with E-state index in [1.165, 1.54) is 24.3 Å². The molecule has 136 valence electrons. The van der Waals surface area contributed by atoms with E-state index in [-0.39, 0.29) is 23.4 Å². The van der Waals surface area contributed by atoms with Crippen molar-refractivity contribution < 1.29 is 14.0 Å². The molecule has 3 aromatic rings. The Morgan fingerprint density at radius 3 is 2.63 bits per heavy atom. The highest BCUT2D eigenvalue weighted by Gasteiger charge is 2.29. The van der Waals surface area contributed by atoms with Crippen molar-refractivity contribution >= 4 is 23.4 Å². The van der Waals surface area contributed by atoms with Crippen LogP contribution < -0.4 is 5.43 Å². The molecule has 0 aliphatic heterocycles. The molecule has 0 bridgehead atoms. The van der Waals surface area contributed by atoms with Crippen molar-refractivity contribution in [1.29, 1.82) is 0 Å². The summed E-state index contributed by atoms with van der Waals surface area (Å²) in [6, 6.07) is 11.1. The fourth-order valence-electron chi connectivity index (χ4n) is 3.14. The second-order valence-corrected chi connectivity index (χ2v) is 6.69. The lowest BCUT2D eigenvalue weighted by Gasteiger charge is -2.04. The number of hydrogen-bond donors (Lipinski definition) is 1. The summed E-state index contributed by atoms with van der Waals surface area (Å²) >= 11 is 0. The van der Waals surface area contributed by atoms with Gasteiger partial charge in [-0.1, -0.05) is 6.07 Å². The van der Waals surface area contributed by atoms with Gasteiger partial charge in [-0.3, -0.25) is 9.59 Å². The monoisotopic (exact) mass is 363 g/mol. The molecule has 0 spiro atoms. The Kier molecular flexibility index (Phi) is 4.32. The summed E-state index contributed by atoms with van der Waals surface area (Å²) < 4.78 is 15.0. The Labute approximate surface area is 155 Å². The summed E-state index contributed by atoms with van der Waals surface area (Å²) in [7, 11) is 0. The van der Waals surface area contributed by atoms with Crippen LogP contribution in [0.3, 0.4) is 0 Å². The molecule has 1 N–H and O–H groups in total. The Morgan fingerprint density at radius 1 is 1.19 bits per heavy atom. The van der Waals surface area contributed by atoms with Gasteiger partial charge in [-0.25, -0.2) is 9.82 Å². The topological polar surface area (TPSA) is 62.9 Å². The Bertz CT molecular complexity index is 1060. The van der Waals surface area contributed by atoms with E-state index in [0.29, 0.717) is 11.3 Å². The van der Waals surface area contributed by atoms with Crippen molar-refractivity contribution in [3.05, 3.63) is 76.9 Å². The van der Waals surface area contributed by atoms with E-state index in [2.05, 4.69) is 10.5 Å². The third kappa shape index (κ3) is 3.26. The largest absolute Gasteiger partial charge is 0.313 e. The number of carbonyl (C=O) groups excluding carboxylic acids is 2. The molecule has 4 rings (SSSR count). The number of ketones is 1. The number of carbonyl (C=O) groups is 2. The van der Waals surface area contributed by atoms with E-state index in [9.17, 15) is 14.0 Å². The summed E-state index contributed by atoms with van der Waals surface area (Å²) in [6.07, 6.45) is 5.20. The van der Waals surface area contributed by atoms with Gasteiger partial charge in [0.05, 0.1) is 17.4 Å². The average Bonchev–Trinajstić information content (AvgIpc) is 3.48. The Balaban J connectivity index is 1.73. The third-order valence-electron chi connectivity index (χ3n) is 4.77. The number of halogens is 1. The summed E-state index contributed by atoms with van der Waals surface area (Å²) in [5.41, 5.74) is 5.78. The van der Waals surface area contributed by atoms with Gasteiger partial charge in [0.15, 0.2) is 0 Å². The highest BCUT2D eigenvalue weighted by Crippen LogP contribution is 2.29. The van der Waals surface area contributed by atoms with E-state index < -0.39 is 0 Å². The fraction of sp³-hybridized carbons (Fsp3) is 0.190. The molecule has 0 saturated heterocycles. The van der Waals surface area contributed by atoms with Gasteiger partial charge >= 0.3 is 0 Å². The quantitative estimate of drug-likeness (QED) is 0.429. The number of benzene rings is 1. The molecule has 1 saturated carbocycles. The number of nitrogens with one attached hydrogen (secondary N) is 1. The van der Waals surface area contributed by atoms with Crippen LogP contribution in [0.2, 0.25) is 0 Å². The lowest BCUT2D eigenvalue weighted by Crippen LogP contribution is -2.19. The first-order valence-corrected chi connectivity index (χ1v) is 8.79. The first-order valence-electron chi connectivity index (χ1n) is 8.79. The highest BCUT2D eigenvalue weighted by molar-refractivity contribution is 6.12. The van der Waals surface area contributed by atoms with Crippen LogP contribution in [-0.2, 0) is 4.79 Å². The number of rotatable bonds is 5. The number of hydrazone groups is 1.